The van der Waals surface area contributed by atoms with Crippen LogP contribution in [0.15, 0.2) is 29.2 Å². The van der Waals surface area contributed by atoms with Gasteiger partial charge in [0.05, 0.1) is 11.3 Å². The molecule has 0 bridgehead atoms. The number of nitrogens with zero attached hydrogens (tertiary/aromatic N) is 3. The second-order valence-electron chi connectivity index (χ2n) is 4.86. The van der Waals surface area contributed by atoms with Gasteiger partial charge in [-0.1, -0.05) is 12.1 Å². The molecular formula is C13H15ClN6O4S. The first-order valence-electron chi connectivity index (χ1n) is 6.97. The van der Waals surface area contributed by atoms with Crippen LogP contribution in [-0.4, -0.2) is 41.0 Å². The minimum atomic E-state index is -3.73. The van der Waals surface area contributed by atoms with Gasteiger partial charge >= 0.3 is 5.97 Å². The predicted octanol–water partition coefficient (Wildman–Crippen LogP) is 0.671. The molecule has 0 unspecified atom stereocenters. The first-order chi connectivity index (χ1) is 11.7. The third-order valence-electron chi connectivity index (χ3n) is 2.93. The minimum absolute atomic E-state index is 0.0179. The van der Waals surface area contributed by atoms with Gasteiger partial charge in [-0.2, -0.15) is 15.0 Å². The van der Waals surface area contributed by atoms with Crippen molar-refractivity contribution in [2.75, 3.05) is 17.2 Å². The van der Waals surface area contributed by atoms with Gasteiger partial charge in [-0.15, -0.1) is 0 Å². The number of nitrogens with two attached hydrogens (primary N) is 1. The van der Waals surface area contributed by atoms with E-state index in [-0.39, 0.29) is 35.0 Å². The lowest BCUT2D eigenvalue weighted by Crippen LogP contribution is -2.13. The molecule has 5 N–H and O–H groups in total. The molecule has 0 radical (unpaired) electrons. The molecule has 2 aromatic rings. The maximum absolute atomic E-state index is 11.2. The van der Waals surface area contributed by atoms with E-state index in [0.29, 0.717) is 6.54 Å². The summed E-state index contributed by atoms with van der Waals surface area (Å²) in [4.78, 5) is 22.3. The minimum Gasteiger partial charge on any atom is -0.481 e. The number of aliphatic carboxylic acids is 1. The second kappa shape index (κ2) is 8.05. The van der Waals surface area contributed by atoms with Gasteiger partial charge in [0, 0.05) is 13.1 Å². The van der Waals surface area contributed by atoms with Crippen molar-refractivity contribution in [1.82, 2.24) is 15.0 Å². The molecule has 0 fully saturated rings. The van der Waals surface area contributed by atoms with E-state index in [0.717, 1.165) is 5.56 Å². The Kier molecular flexibility index (Phi) is 6.07. The molecule has 0 amide bonds. The molecule has 1 aromatic heterocycles. The summed E-state index contributed by atoms with van der Waals surface area (Å²) >= 11 is 5.81. The third-order valence-corrected chi connectivity index (χ3v) is 4.03. The molecule has 12 heteroatoms. The number of carboxylic acids is 1. The zero-order valence-corrected chi connectivity index (χ0v) is 14.4. The SMILES string of the molecule is NS(=O)(=O)c1ccc(CNc2nc(Cl)nc(NCCC(=O)O)n2)cc1. The molecule has 134 valence electrons. The fraction of sp³-hybridized carbons (Fsp3) is 0.231. The highest BCUT2D eigenvalue weighted by molar-refractivity contribution is 7.89. The largest absolute Gasteiger partial charge is 0.481 e. The maximum Gasteiger partial charge on any atom is 0.305 e. The topological polar surface area (TPSA) is 160 Å². The number of hydrogen-bond donors (Lipinski definition) is 4. The average molecular weight is 387 g/mol. The Bertz CT molecular complexity index is 859. The Hall–Kier alpha value is -2.50. The highest BCUT2D eigenvalue weighted by atomic mass is 35.5. The molecule has 0 aliphatic heterocycles. The van der Waals surface area contributed by atoms with Crippen LogP contribution in [-0.2, 0) is 21.4 Å². The van der Waals surface area contributed by atoms with E-state index in [1.54, 1.807) is 12.1 Å². The number of aromatic nitrogens is 3. The number of sulfonamides is 1. The van der Waals surface area contributed by atoms with E-state index in [2.05, 4.69) is 25.6 Å². The quantitative estimate of drug-likeness (QED) is 0.511. The number of hydrogen-bond acceptors (Lipinski definition) is 8. The van der Waals surface area contributed by atoms with Crippen molar-refractivity contribution in [1.29, 1.82) is 0 Å². The van der Waals surface area contributed by atoms with Crippen molar-refractivity contribution in [2.45, 2.75) is 17.9 Å². The van der Waals surface area contributed by atoms with Crippen molar-refractivity contribution >= 4 is 39.5 Å². The molecule has 10 nitrogen and oxygen atoms in total. The summed E-state index contributed by atoms with van der Waals surface area (Å²) in [5.74, 6) is -0.615. The fourth-order valence-electron chi connectivity index (χ4n) is 1.77. The van der Waals surface area contributed by atoms with E-state index in [1.165, 1.54) is 12.1 Å². The van der Waals surface area contributed by atoms with Crippen LogP contribution in [0.4, 0.5) is 11.9 Å². The van der Waals surface area contributed by atoms with E-state index in [9.17, 15) is 13.2 Å². The van der Waals surface area contributed by atoms with Gasteiger partial charge in [-0.25, -0.2) is 13.6 Å². The number of rotatable bonds is 8. The van der Waals surface area contributed by atoms with Crippen molar-refractivity contribution in [3.63, 3.8) is 0 Å². The van der Waals surface area contributed by atoms with Crippen molar-refractivity contribution in [3.05, 3.63) is 35.1 Å². The Labute approximate surface area is 148 Å². The standard InChI is InChI=1S/C13H15ClN6O4S/c14-11-18-12(16-6-5-10(21)22)20-13(19-11)17-7-8-1-3-9(4-2-8)25(15,23)24/h1-4H,5-7H2,(H,21,22)(H2,15,23,24)(H2,16,17,18,19,20). The summed E-state index contributed by atoms with van der Waals surface area (Å²) in [5, 5.41) is 19.2. The predicted molar refractivity (Wildman–Crippen MR) is 90.7 cm³/mol. The molecule has 0 atom stereocenters. The molecular weight excluding hydrogens is 372 g/mol. The van der Waals surface area contributed by atoms with Crippen LogP contribution in [0.2, 0.25) is 5.28 Å². The Balaban J connectivity index is 2.00. The molecule has 0 saturated heterocycles. The third kappa shape index (κ3) is 6.14. The van der Waals surface area contributed by atoms with E-state index >= 15 is 0 Å². The van der Waals surface area contributed by atoms with Crippen molar-refractivity contribution in [3.8, 4) is 0 Å². The smallest absolute Gasteiger partial charge is 0.305 e. The molecule has 0 aliphatic rings. The normalized spacial score (nSPS) is 11.1. The van der Waals surface area contributed by atoms with E-state index in [1.807, 2.05) is 0 Å². The number of nitrogens with one attached hydrogen (secondary N) is 2. The van der Waals surface area contributed by atoms with Gasteiger partial charge < -0.3 is 15.7 Å². The van der Waals surface area contributed by atoms with Crippen molar-refractivity contribution in [2.24, 2.45) is 5.14 Å². The fourth-order valence-corrected chi connectivity index (χ4v) is 2.44. The van der Waals surface area contributed by atoms with Crippen LogP contribution < -0.4 is 15.8 Å². The Morgan fingerprint density at radius 3 is 2.28 bits per heavy atom. The average Bonchev–Trinajstić information content (AvgIpc) is 2.52. The first kappa shape index (κ1) is 18.8. The van der Waals surface area contributed by atoms with Gasteiger partial charge in [-0.05, 0) is 29.3 Å². The summed E-state index contributed by atoms with van der Waals surface area (Å²) in [5.41, 5.74) is 0.768. The van der Waals surface area contributed by atoms with Gasteiger partial charge in [0.25, 0.3) is 0 Å². The Morgan fingerprint density at radius 1 is 1.12 bits per heavy atom. The number of benzene rings is 1. The highest BCUT2D eigenvalue weighted by Gasteiger charge is 2.08. The number of carboxylic acid groups (broad SMARTS) is 1. The maximum atomic E-state index is 11.2. The number of primary sulfonamides is 1. The van der Waals surface area contributed by atoms with Crippen LogP contribution in [0.1, 0.15) is 12.0 Å². The van der Waals surface area contributed by atoms with Gasteiger partial charge in [0.2, 0.25) is 27.2 Å². The molecule has 25 heavy (non-hydrogen) atoms. The van der Waals surface area contributed by atoms with E-state index < -0.39 is 16.0 Å². The summed E-state index contributed by atoms with van der Waals surface area (Å²) in [6.07, 6.45) is -0.0948. The van der Waals surface area contributed by atoms with Gasteiger partial charge in [0.1, 0.15) is 0 Å². The number of anilines is 2. The summed E-state index contributed by atoms with van der Waals surface area (Å²) in [7, 11) is -3.73. The summed E-state index contributed by atoms with van der Waals surface area (Å²) < 4.78 is 22.4. The lowest BCUT2D eigenvalue weighted by molar-refractivity contribution is -0.136. The van der Waals surface area contributed by atoms with Crippen LogP contribution in [0.3, 0.4) is 0 Å². The summed E-state index contributed by atoms with van der Waals surface area (Å²) in [6, 6.07) is 5.99. The number of carbonyl (C=O) groups is 1. The van der Waals surface area contributed by atoms with Gasteiger partial charge in [0.15, 0.2) is 0 Å². The molecule has 0 spiro atoms. The lowest BCUT2D eigenvalue weighted by atomic mass is 10.2. The first-order valence-corrected chi connectivity index (χ1v) is 8.89. The summed E-state index contributed by atoms with van der Waals surface area (Å²) in [6.45, 7) is 0.448. The van der Waals surface area contributed by atoms with E-state index in [4.69, 9.17) is 21.8 Å². The molecule has 2 rings (SSSR count). The molecule has 1 aromatic carbocycles. The van der Waals surface area contributed by atoms with Crippen LogP contribution in [0.25, 0.3) is 0 Å². The zero-order chi connectivity index (χ0) is 18.4. The molecule has 1 heterocycles. The molecule has 0 saturated carbocycles. The van der Waals surface area contributed by atoms with Crippen LogP contribution in [0, 0.1) is 0 Å². The van der Waals surface area contributed by atoms with Crippen molar-refractivity contribution < 1.29 is 18.3 Å². The van der Waals surface area contributed by atoms with Gasteiger partial charge in [-0.3, -0.25) is 4.79 Å². The number of halogens is 1. The molecule has 0 aliphatic carbocycles. The van der Waals surface area contributed by atoms with Crippen LogP contribution >= 0.6 is 11.6 Å². The van der Waals surface area contributed by atoms with Crippen LogP contribution in [0.5, 0.6) is 0 Å². The Morgan fingerprint density at radius 2 is 1.72 bits per heavy atom. The lowest BCUT2D eigenvalue weighted by Gasteiger charge is -2.08. The zero-order valence-electron chi connectivity index (χ0n) is 12.8. The highest BCUT2D eigenvalue weighted by Crippen LogP contribution is 2.12. The monoisotopic (exact) mass is 386 g/mol. The second-order valence-corrected chi connectivity index (χ2v) is 6.76.